The Balaban J connectivity index is 1.58. The highest BCUT2D eigenvalue weighted by atomic mass is 35.5. The standard InChI is InChI=1S/C24H29ClN10O3S/c1-14(35-5-7-38-8-6-35)16-9-18(20-21-24(29-13-28-21)31-15(2)30-20)23(27-11-16)32-17-10-19(22(25)26-12-17)33-39(36,37)34(3)4/h9-14,33H,5-8H2,1-4H3,(H,27,32)(H,28,29,30,31)/p+1. The zero-order valence-corrected chi connectivity index (χ0v) is 23.6. The van der Waals surface area contributed by atoms with Crippen LogP contribution in [0.2, 0.25) is 5.15 Å². The Morgan fingerprint density at radius 2 is 1.95 bits per heavy atom. The molecule has 4 aromatic rings. The van der Waals surface area contributed by atoms with E-state index < -0.39 is 10.2 Å². The summed E-state index contributed by atoms with van der Waals surface area (Å²) in [6, 6.07) is 3.73. The molecule has 1 fully saturated rings. The molecular formula is C24H30ClN10O3S+. The van der Waals surface area contributed by atoms with Gasteiger partial charge >= 0.3 is 15.9 Å². The first-order valence-corrected chi connectivity index (χ1v) is 14.1. The predicted molar refractivity (Wildman–Crippen MR) is 148 cm³/mol. The van der Waals surface area contributed by atoms with E-state index in [2.05, 4.69) is 47.9 Å². The van der Waals surface area contributed by atoms with Crippen LogP contribution in [0, 0.1) is 6.92 Å². The van der Waals surface area contributed by atoms with Gasteiger partial charge in [-0.1, -0.05) is 16.6 Å². The molecule has 0 aromatic carbocycles. The van der Waals surface area contributed by atoms with Crippen LogP contribution in [0.3, 0.4) is 0 Å². The lowest BCUT2D eigenvalue weighted by Gasteiger charge is -2.32. The third-order valence-corrected chi connectivity index (χ3v) is 8.25. The van der Waals surface area contributed by atoms with Crippen molar-refractivity contribution in [3.8, 4) is 11.3 Å². The van der Waals surface area contributed by atoms with Gasteiger partial charge in [0.2, 0.25) is 5.82 Å². The van der Waals surface area contributed by atoms with E-state index in [1.54, 1.807) is 12.4 Å². The Hall–Kier alpha value is -3.43. The second-order valence-corrected chi connectivity index (χ2v) is 11.6. The fourth-order valence-electron chi connectivity index (χ4n) is 4.31. The minimum absolute atomic E-state index is 0.0175. The summed E-state index contributed by atoms with van der Waals surface area (Å²) in [5, 5.41) is 3.29. The number of aryl methyl sites for hydroxylation is 1. The second-order valence-electron chi connectivity index (χ2n) is 9.34. The van der Waals surface area contributed by atoms with Gasteiger partial charge in [-0.3, -0.25) is 14.6 Å². The number of hydrogen-bond acceptors (Lipinski definition) is 9. The molecule has 206 valence electrons. The number of nitrogens with zero attached hydrogens (tertiary/aromatic N) is 6. The molecule has 0 aliphatic carbocycles. The molecular weight excluding hydrogens is 544 g/mol. The molecule has 15 heteroatoms. The molecule has 0 amide bonds. The van der Waals surface area contributed by atoms with Gasteiger partial charge < -0.3 is 10.1 Å². The molecule has 0 bridgehead atoms. The summed E-state index contributed by atoms with van der Waals surface area (Å²) in [7, 11) is -0.945. The van der Waals surface area contributed by atoms with Crippen molar-refractivity contribution < 1.29 is 18.1 Å². The zero-order valence-electron chi connectivity index (χ0n) is 22.0. The lowest BCUT2D eigenvalue weighted by Crippen LogP contribution is -2.38. The molecule has 4 N–H and O–H groups in total. The van der Waals surface area contributed by atoms with Gasteiger partial charge in [-0.05, 0) is 24.6 Å². The van der Waals surface area contributed by atoms with Gasteiger partial charge in [0.1, 0.15) is 11.5 Å². The van der Waals surface area contributed by atoms with E-state index in [1.165, 1.54) is 20.3 Å². The van der Waals surface area contributed by atoms with Crippen molar-refractivity contribution in [2.24, 2.45) is 0 Å². The van der Waals surface area contributed by atoms with Crippen LogP contribution in [-0.4, -0.2) is 82.9 Å². The first-order chi connectivity index (χ1) is 18.6. The molecule has 4 aromatic heterocycles. The van der Waals surface area contributed by atoms with Crippen molar-refractivity contribution in [2.45, 2.75) is 19.9 Å². The molecule has 1 aliphatic heterocycles. The Morgan fingerprint density at radius 1 is 1.18 bits per heavy atom. The van der Waals surface area contributed by atoms with Crippen LogP contribution in [0.5, 0.6) is 0 Å². The van der Waals surface area contributed by atoms with Gasteiger partial charge in [0.05, 0.1) is 30.8 Å². The highest BCUT2D eigenvalue weighted by Crippen LogP contribution is 2.35. The van der Waals surface area contributed by atoms with Gasteiger partial charge in [-0.25, -0.2) is 19.9 Å². The third-order valence-electron chi connectivity index (χ3n) is 6.51. The average Bonchev–Trinajstić information content (AvgIpc) is 3.39. The van der Waals surface area contributed by atoms with E-state index in [9.17, 15) is 8.42 Å². The van der Waals surface area contributed by atoms with Gasteiger partial charge in [-0.2, -0.15) is 12.7 Å². The number of nitrogens with one attached hydrogen (secondary N) is 4. The highest BCUT2D eigenvalue weighted by molar-refractivity contribution is 7.90. The summed E-state index contributed by atoms with van der Waals surface area (Å²) >= 11 is 6.20. The quantitative estimate of drug-likeness (QED) is 0.270. The monoisotopic (exact) mass is 573 g/mol. The average molecular weight is 574 g/mol. The van der Waals surface area contributed by atoms with Crippen molar-refractivity contribution in [1.29, 1.82) is 0 Å². The first-order valence-electron chi connectivity index (χ1n) is 12.3. The summed E-state index contributed by atoms with van der Waals surface area (Å²) in [5.41, 5.74) is 4.45. The first kappa shape index (κ1) is 27.1. The molecule has 1 saturated heterocycles. The minimum atomic E-state index is -3.79. The van der Waals surface area contributed by atoms with Crippen LogP contribution < -0.4 is 15.0 Å². The lowest BCUT2D eigenvalue weighted by atomic mass is 10.0. The maximum atomic E-state index is 12.4. The SMILES string of the molecule is Cc1nc(-c2cc(C(C)N3CCOCC3)cnc2Nc2cnc(Cl)c(NS(=O)(=O)N(C)C)c2)c2[nH]c[nH+]c2n1. The summed E-state index contributed by atoms with van der Waals surface area (Å²) in [4.78, 5) is 26.8. The molecule has 1 aliphatic rings. The molecule has 39 heavy (non-hydrogen) atoms. The Labute approximate surface area is 231 Å². The van der Waals surface area contributed by atoms with Crippen molar-refractivity contribution in [3.63, 3.8) is 0 Å². The van der Waals surface area contributed by atoms with E-state index >= 15 is 0 Å². The van der Waals surface area contributed by atoms with Gasteiger partial charge in [-0.15, -0.1) is 0 Å². The van der Waals surface area contributed by atoms with Crippen LogP contribution in [0.4, 0.5) is 17.2 Å². The number of imidazole rings is 1. The minimum Gasteiger partial charge on any atom is -0.379 e. The summed E-state index contributed by atoms with van der Waals surface area (Å²) in [6.45, 7) is 7.03. The van der Waals surface area contributed by atoms with Crippen LogP contribution in [0.15, 0.2) is 30.9 Å². The van der Waals surface area contributed by atoms with E-state index in [0.717, 1.165) is 34.0 Å². The second kappa shape index (κ2) is 11.0. The number of fused-ring (bicyclic) bond motifs is 1. The normalized spacial score (nSPS) is 15.5. The van der Waals surface area contributed by atoms with E-state index in [0.29, 0.717) is 41.9 Å². The molecule has 0 saturated carbocycles. The smallest absolute Gasteiger partial charge is 0.303 e. The van der Waals surface area contributed by atoms with Crippen molar-refractivity contribution in [1.82, 2.24) is 34.1 Å². The molecule has 13 nitrogen and oxygen atoms in total. The maximum absolute atomic E-state index is 12.4. The maximum Gasteiger partial charge on any atom is 0.303 e. The Kier molecular flexibility index (Phi) is 7.64. The van der Waals surface area contributed by atoms with E-state index in [1.807, 2.05) is 13.1 Å². The number of hydrogen-bond donors (Lipinski definition) is 3. The molecule has 5 rings (SSSR count). The fourth-order valence-corrected chi connectivity index (χ4v) is 5.13. The number of ether oxygens (including phenoxy) is 1. The van der Waals surface area contributed by atoms with Crippen LogP contribution >= 0.6 is 11.6 Å². The summed E-state index contributed by atoms with van der Waals surface area (Å²) < 4.78 is 33.8. The molecule has 0 radical (unpaired) electrons. The third kappa shape index (κ3) is 5.79. The van der Waals surface area contributed by atoms with Gasteiger partial charge in [0.25, 0.3) is 0 Å². The number of rotatable bonds is 8. The number of halogens is 1. The number of pyridine rings is 2. The number of aromatic nitrogens is 6. The van der Waals surface area contributed by atoms with Gasteiger partial charge in [0, 0.05) is 51.9 Å². The zero-order chi connectivity index (χ0) is 27.7. The van der Waals surface area contributed by atoms with Crippen LogP contribution in [0.25, 0.3) is 22.4 Å². The van der Waals surface area contributed by atoms with E-state index in [-0.39, 0.29) is 16.9 Å². The Morgan fingerprint density at radius 3 is 2.69 bits per heavy atom. The molecule has 1 atom stereocenters. The lowest BCUT2D eigenvalue weighted by molar-refractivity contribution is -0.347. The fraction of sp³-hybridized carbons (Fsp3) is 0.375. The Bertz CT molecular complexity index is 1610. The number of aromatic amines is 2. The number of H-pyrrole nitrogens is 2. The molecule has 1 unspecified atom stereocenters. The van der Waals surface area contributed by atoms with Crippen molar-refractivity contribution >= 4 is 50.2 Å². The van der Waals surface area contributed by atoms with Gasteiger partial charge in [0.15, 0.2) is 17.0 Å². The highest BCUT2D eigenvalue weighted by Gasteiger charge is 2.24. The topological polar surface area (TPSA) is 155 Å². The van der Waals surface area contributed by atoms with E-state index in [4.69, 9.17) is 26.3 Å². The van der Waals surface area contributed by atoms with Crippen LogP contribution in [-0.2, 0) is 14.9 Å². The molecule has 5 heterocycles. The summed E-state index contributed by atoms with van der Waals surface area (Å²) in [6.07, 6.45) is 5.04. The van der Waals surface area contributed by atoms with Crippen LogP contribution in [0.1, 0.15) is 24.4 Å². The van der Waals surface area contributed by atoms with Crippen molar-refractivity contribution in [2.75, 3.05) is 50.4 Å². The summed E-state index contributed by atoms with van der Waals surface area (Å²) in [5.74, 6) is 1.10. The number of morpholine rings is 1. The van der Waals surface area contributed by atoms with Crippen molar-refractivity contribution in [3.05, 3.63) is 47.4 Å². The molecule has 0 spiro atoms. The predicted octanol–water partition coefficient (Wildman–Crippen LogP) is 2.55. The number of anilines is 3. The largest absolute Gasteiger partial charge is 0.379 e.